The summed E-state index contributed by atoms with van der Waals surface area (Å²) in [5.41, 5.74) is 0. The van der Waals surface area contributed by atoms with E-state index in [4.69, 9.17) is 0 Å². The molecule has 0 bridgehead atoms. The van der Waals surface area contributed by atoms with Crippen molar-refractivity contribution in [2.75, 3.05) is 13.1 Å². The Morgan fingerprint density at radius 1 is 0.923 bits per heavy atom. The molecule has 0 aromatic rings. The van der Waals surface area contributed by atoms with Gasteiger partial charge >= 0.3 is 0 Å². The molecule has 0 aromatic heterocycles. The van der Waals surface area contributed by atoms with Gasteiger partial charge in [0.15, 0.2) is 0 Å². The summed E-state index contributed by atoms with van der Waals surface area (Å²) in [6.45, 7) is 1.64. The minimum Gasteiger partial charge on any atom is -0.268 e. The van der Waals surface area contributed by atoms with Crippen molar-refractivity contribution in [1.29, 1.82) is 0 Å². The van der Waals surface area contributed by atoms with Crippen LogP contribution < -0.4 is 0 Å². The highest BCUT2D eigenvalue weighted by molar-refractivity contribution is 6.12. The Morgan fingerprint density at radius 2 is 1.46 bits per heavy atom. The molecule has 1 fully saturated rings. The highest BCUT2D eigenvalue weighted by atomic mass is 16.2. The highest BCUT2D eigenvalue weighted by Gasteiger charge is 2.30. The molecule has 2 rings (SSSR count). The predicted molar refractivity (Wildman–Crippen MR) is 46.4 cm³/mol. The summed E-state index contributed by atoms with van der Waals surface area (Å²) in [7, 11) is 0. The van der Waals surface area contributed by atoms with E-state index in [1.54, 1.807) is 0 Å². The Balaban J connectivity index is 2.07. The van der Waals surface area contributed by atoms with Gasteiger partial charge in [-0.05, 0) is 12.8 Å². The van der Waals surface area contributed by atoms with E-state index in [0.29, 0.717) is 0 Å². The van der Waals surface area contributed by atoms with Gasteiger partial charge in [-0.2, -0.15) is 0 Å². The topological polar surface area (TPSA) is 40.6 Å². The van der Waals surface area contributed by atoms with E-state index in [1.807, 2.05) is 5.01 Å². The second kappa shape index (κ2) is 3.30. The zero-order valence-electron chi connectivity index (χ0n) is 7.40. The Morgan fingerprint density at radius 3 is 2.00 bits per heavy atom. The van der Waals surface area contributed by atoms with Gasteiger partial charge in [-0.15, -0.1) is 0 Å². The SMILES string of the molecule is O=C1C=CC(=O)N1N1CCCCC1. The molecule has 70 valence electrons. The fraction of sp³-hybridized carbons (Fsp3) is 0.556. The summed E-state index contributed by atoms with van der Waals surface area (Å²) in [6.07, 6.45) is 5.99. The summed E-state index contributed by atoms with van der Waals surface area (Å²) in [5.74, 6) is -0.404. The number of hydrogen-bond donors (Lipinski definition) is 0. The van der Waals surface area contributed by atoms with E-state index in [1.165, 1.54) is 23.6 Å². The largest absolute Gasteiger partial charge is 0.268 e. The first-order valence-corrected chi connectivity index (χ1v) is 4.60. The number of piperidine rings is 1. The van der Waals surface area contributed by atoms with Crippen LogP contribution in [0, 0.1) is 0 Å². The molecule has 2 amide bonds. The molecule has 4 heteroatoms. The van der Waals surface area contributed by atoms with Gasteiger partial charge in [0.2, 0.25) is 0 Å². The molecule has 2 aliphatic rings. The average molecular weight is 180 g/mol. The fourth-order valence-corrected chi connectivity index (χ4v) is 1.75. The van der Waals surface area contributed by atoms with Gasteiger partial charge < -0.3 is 0 Å². The number of nitrogens with zero attached hydrogens (tertiary/aromatic N) is 2. The number of carbonyl (C=O) groups is 2. The minimum atomic E-state index is -0.202. The average Bonchev–Trinajstić information content (AvgIpc) is 2.48. The van der Waals surface area contributed by atoms with Gasteiger partial charge in [0.25, 0.3) is 11.8 Å². The first-order valence-electron chi connectivity index (χ1n) is 4.60. The van der Waals surface area contributed by atoms with Crippen molar-refractivity contribution < 1.29 is 9.59 Å². The van der Waals surface area contributed by atoms with Crippen LogP contribution in [0.2, 0.25) is 0 Å². The molecule has 2 aliphatic heterocycles. The lowest BCUT2D eigenvalue weighted by molar-refractivity contribution is -0.156. The molecule has 0 N–H and O–H groups in total. The van der Waals surface area contributed by atoms with Crippen LogP contribution in [0.5, 0.6) is 0 Å². The zero-order chi connectivity index (χ0) is 9.26. The zero-order valence-corrected chi connectivity index (χ0v) is 7.40. The predicted octanol–water partition coefficient (Wildman–Crippen LogP) is 0.312. The van der Waals surface area contributed by atoms with Gasteiger partial charge in [0.1, 0.15) is 0 Å². The molecule has 0 aliphatic carbocycles. The molecule has 0 aromatic carbocycles. The maximum absolute atomic E-state index is 11.3. The Hall–Kier alpha value is -1.16. The third kappa shape index (κ3) is 1.49. The molecule has 1 saturated heterocycles. The monoisotopic (exact) mass is 180 g/mol. The Labute approximate surface area is 76.8 Å². The summed E-state index contributed by atoms with van der Waals surface area (Å²) < 4.78 is 0. The fourth-order valence-electron chi connectivity index (χ4n) is 1.75. The maximum atomic E-state index is 11.3. The van der Waals surface area contributed by atoms with E-state index in [0.717, 1.165) is 25.9 Å². The van der Waals surface area contributed by atoms with Crippen molar-refractivity contribution in [2.24, 2.45) is 0 Å². The summed E-state index contributed by atoms with van der Waals surface area (Å²) in [6, 6.07) is 0. The quantitative estimate of drug-likeness (QED) is 0.545. The number of rotatable bonds is 1. The molecule has 0 unspecified atom stereocenters. The number of amides is 2. The Bertz CT molecular complexity index is 249. The molecular weight excluding hydrogens is 168 g/mol. The van der Waals surface area contributed by atoms with E-state index >= 15 is 0 Å². The number of carbonyl (C=O) groups excluding carboxylic acids is 2. The van der Waals surface area contributed by atoms with Gasteiger partial charge in [-0.3, -0.25) is 9.59 Å². The number of hydrazine groups is 1. The lowest BCUT2D eigenvalue weighted by atomic mass is 10.2. The van der Waals surface area contributed by atoms with Crippen molar-refractivity contribution in [2.45, 2.75) is 19.3 Å². The van der Waals surface area contributed by atoms with E-state index in [9.17, 15) is 9.59 Å². The third-order valence-electron chi connectivity index (χ3n) is 2.40. The van der Waals surface area contributed by atoms with E-state index in [2.05, 4.69) is 0 Å². The van der Waals surface area contributed by atoms with Gasteiger partial charge in [0, 0.05) is 25.2 Å². The van der Waals surface area contributed by atoms with E-state index in [-0.39, 0.29) is 11.8 Å². The van der Waals surface area contributed by atoms with Gasteiger partial charge in [-0.25, -0.2) is 10.0 Å². The second-order valence-corrected chi connectivity index (χ2v) is 3.34. The summed E-state index contributed by atoms with van der Waals surface area (Å²) >= 11 is 0. The van der Waals surface area contributed by atoms with Crippen molar-refractivity contribution in [3.63, 3.8) is 0 Å². The normalized spacial score (nSPS) is 24.5. The Kier molecular flexibility index (Phi) is 2.14. The lowest BCUT2D eigenvalue weighted by Crippen LogP contribution is -2.48. The van der Waals surface area contributed by atoms with Crippen molar-refractivity contribution in [3.8, 4) is 0 Å². The van der Waals surface area contributed by atoms with Crippen molar-refractivity contribution in [1.82, 2.24) is 10.0 Å². The molecule has 13 heavy (non-hydrogen) atoms. The molecule has 4 nitrogen and oxygen atoms in total. The van der Waals surface area contributed by atoms with Gasteiger partial charge in [0.05, 0.1) is 0 Å². The van der Waals surface area contributed by atoms with Crippen LogP contribution in [0.25, 0.3) is 0 Å². The lowest BCUT2D eigenvalue weighted by Gasteiger charge is -2.32. The van der Waals surface area contributed by atoms with Crippen LogP contribution in [0.4, 0.5) is 0 Å². The molecule has 0 spiro atoms. The van der Waals surface area contributed by atoms with Crippen LogP contribution in [0.3, 0.4) is 0 Å². The van der Waals surface area contributed by atoms with Crippen LogP contribution in [0.1, 0.15) is 19.3 Å². The summed E-state index contributed by atoms with van der Waals surface area (Å²) in [4.78, 5) is 22.5. The first-order chi connectivity index (χ1) is 6.29. The maximum Gasteiger partial charge on any atom is 0.268 e. The first kappa shape index (κ1) is 8.44. The second-order valence-electron chi connectivity index (χ2n) is 3.34. The van der Waals surface area contributed by atoms with Crippen LogP contribution >= 0.6 is 0 Å². The van der Waals surface area contributed by atoms with E-state index < -0.39 is 0 Å². The van der Waals surface area contributed by atoms with Crippen LogP contribution in [-0.2, 0) is 9.59 Å². The highest BCUT2D eigenvalue weighted by Crippen LogP contribution is 2.15. The van der Waals surface area contributed by atoms with Crippen LogP contribution in [-0.4, -0.2) is 34.9 Å². The van der Waals surface area contributed by atoms with Crippen molar-refractivity contribution >= 4 is 11.8 Å². The molecule has 0 atom stereocenters. The molecular formula is C9H12N2O2. The molecule has 0 saturated carbocycles. The molecule has 0 radical (unpaired) electrons. The number of hydrogen-bond acceptors (Lipinski definition) is 3. The summed E-state index contributed by atoms with van der Waals surface area (Å²) in [5, 5.41) is 3.09. The third-order valence-corrected chi connectivity index (χ3v) is 2.40. The minimum absolute atomic E-state index is 0.202. The van der Waals surface area contributed by atoms with Crippen molar-refractivity contribution in [3.05, 3.63) is 12.2 Å². The molecule has 2 heterocycles. The smallest absolute Gasteiger partial charge is 0.268 e. The number of imide groups is 1. The van der Waals surface area contributed by atoms with Crippen LogP contribution in [0.15, 0.2) is 12.2 Å². The van der Waals surface area contributed by atoms with Gasteiger partial charge in [-0.1, -0.05) is 6.42 Å². The standard InChI is InChI=1S/C9H12N2O2/c12-8-4-5-9(13)11(8)10-6-2-1-3-7-10/h4-5H,1-3,6-7H2.